The van der Waals surface area contributed by atoms with Crippen molar-refractivity contribution in [1.82, 2.24) is 4.98 Å². The number of thiazole rings is 1. The minimum Gasteiger partial charge on any atom is -0.386 e. The highest BCUT2D eigenvalue weighted by Gasteiger charge is 2.18. The van der Waals surface area contributed by atoms with Gasteiger partial charge in [0.1, 0.15) is 11.1 Å². The molecular formula is C10H17NO2S. The Labute approximate surface area is 88.8 Å². The zero-order valence-electron chi connectivity index (χ0n) is 8.86. The summed E-state index contributed by atoms with van der Waals surface area (Å²) >= 11 is 1.52. The van der Waals surface area contributed by atoms with Gasteiger partial charge in [0.15, 0.2) is 0 Å². The minimum absolute atomic E-state index is 0.195. The van der Waals surface area contributed by atoms with E-state index in [0.29, 0.717) is 6.61 Å². The van der Waals surface area contributed by atoms with Gasteiger partial charge in [-0.15, -0.1) is 11.3 Å². The summed E-state index contributed by atoms with van der Waals surface area (Å²) < 4.78 is 4.98. The van der Waals surface area contributed by atoms with Gasteiger partial charge in [-0.3, -0.25) is 0 Å². The van der Waals surface area contributed by atoms with Crippen LogP contribution in [0, 0.1) is 12.8 Å². The van der Waals surface area contributed by atoms with Crippen LogP contribution in [0.4, 0.5) is 0 Å². The van der Waals surface area contributed by atoms with Crippen LogP contribution < -0.4 is 0 Å². The average molecular weight is 215 g/mol. The van der Waals surface area contributed by atoms with Gasteiger partial charge in [0.25, 0.3) is 0 Å². The molecule has 2 atom stereocenters. The van der Waals surface area contributed by atoms with E-state index in [1.165, 1.54) is 11.3 Å². The van der Waals surface area contributed by atoms with Crippen molar-refractivity contribution >= 4 is 11.3 Å². The van der Waals surface area contributed by atoms with E-state index in [1.54, 1.807) is 7.11 Å². The molecule has 2 unspecified atom stereocenters. The molecular weight excluding hydrogens is 198 g/mol. The first-order valence-corrected chi connectivity index (χ1v) is 5.62. The van der Waals surface area contributed by atoms with Gasteiger partial charge >= 0.3 is 0 Å². The van der Waals surface area contributed by atoms with Gasteiger partial charge in [0.05, 0.1) is 0 Å². The number of rotatable bonds is 5. The number of nitrogens with zero attached hydrogens (tertiary/aromatic N) is 1. The van der Waals surface area contributed by atoms with E-state index < -0.39 is 6.10 Å². The van der Waals surface area contributed by atoms with E-state index in [9.17, 15) is 5.11 Å². The number of aliphatic hydroxyl groups is 1. The van der Waals surface area contributed by atoms with E-state index in [1.807, 2.05) is 19.2 Å². The molecule has 0 fully saturated rings. The maximum atomic E-state index is 9.92. The molecule has 1 heterocycles. The Bertz CT molecular complexity index is 275. The summed E-state index contributed by atoms with van der Waals surface area (Å²) in [5, 5.41) is 12.7. The highest BCUT2D eigenvalue weighted by molar-refractivity contribution is 7.09. The third-order valence-corrected chi connectivity index (χ3v) is 3.24. The molecule has 0 bridgehead atoms. The molecule has 1 aromatic rings. The smallest absolute Gasteiger partial charge is 0.122 e. The van der Waals surface area contributed by atoms with E-state index >= 15 is 0 Å². The van der Waals surface area contributed by atoms with Crippen LogP contribution in [0.15, 0.2) is 5.38 Å². The molecule has 80 valence electrons. The lowest BCUT2D eigenvalue weighted by Crippen LogP contribution is -2.11. The van der Waals surface area contributed by atoms with E-state index in [-0.39, 0.29) is 5.92 Å². The second kappa shape index (κ2) is 5.44. The summed E-state index contributed by atoms with van der Waals surface area (Å²) in [4.78, 5) is 4.27. The lowest BCUT2D eigenvalue weighted by atomic mass is 10.0. The summed E-state index contributed by atoms with van der Waals surface area (Å²) in [6, 6.07) is 0. The third-order valence-electron chi connectivity index (χ3n) is 2.21. The molecule has 0 aliphatic carbocycles. The monoisotopic (exact) mass is 215 g/mol. The molecule has 0 saturated carbocycles. The van der Waals surface area contributed by atoms with Crippen molar-refractivity contribution < 1.29 is 9.84 Å². The van der Waals surface area contributed by atoms with Crippen molar-refractivity contribution in [3.63, 3.8) is 0 Å². The van der Waals surface area contributed by atoms with Crippen LogP contribution in [0.25, 0.3) is 0 Å². The number of hydrogen-bond donors (Lipinski definition) is 1. The van der Waals surface area contributed by atoms with Gasteiger partial charge < -0.3 is 9.84 Å². The Morgan fingerprint density at radius 2 is 2.36 bits per heavy atom. The summed E-state index contributed by atoms with van der Waals surface area (Å²) in [5.74, 6) is 0.195. The molecule has 0 saturated heterocycles. The Hall–Kier alpha value is -0.450. The fraction of sp³-hybridized carbons (Fsp3) is 0.700. The molecule has 0 spiro atoms. The standard InChI is InChI=1S/C10H17NO2S/c1-7(4-5-13-3)9(12)10-11-8(2)6-14-10/h6-7,9,12H,4-5H2,1-3H3. The van der Waals surface area contributed by atoms with Gasteiger partial charge in [0.2, 0.25) is 0 Å². The molecule has 0 amide bonds. The number of aliphatic hydroxyl groups excluding tert-OH is 1. The van der Waals surface area contributed by atoms with Crippen molar-refractivity contribution in [3.05, 3.63) is 16.1 Å². The van der Waals surface area contributed by atoms with E-state index in [2.05, 4.69) is 4.98 Å². The fourth-order valence-corrected chi connectivity index (χ4v) is 2.13. The molecule has 0 aliphatic rings. The Morgan fingerprint density at radius 1 is 1.64 bits per heavy atom. The van der Waals surface area contributed by atoms with Gasteiger partial charge in [0, 0.05) is 24.8 Å². The second-order valence-corrected chi connectivity index (χ2v) is 4.42. The third kappa shape index (κ3) is 3.04. The Balaban J connectivity index is 2.51. The molecule has 0 aliphatic heterocycles. The molecule has 3 nitrogen and oxygen atoms in total. The molecule has 4 heteroatoms. The van der Waals surface area contributed by atoms with Crippen molar-refractivity contribution in [1.29, 1.82) is 0 Å². The maximum Gasteiger partial charge on any atom is 0.122 e. The quantitative estimate of drug-likeness (QED) is 0.818. The van der Waals surface area contributed by atoms with Crippen LogP contribution in [0.3, 0.4) is 0 Å². The first-order valence-electron chi connectivity index (χ1n) is 4.74. The molecule has 1 aromatic heterocycles. The number of methoxy groups -OCH3 is 1. The summed E-state index contributed by atoms with van der Waals surface area (Å²) in [7, 11) is 1.67. The van der Waals surface area contributed by atoms with Gasteiger partial charge in [-0.1, -0.05) is 6.92 Å². The minimum atomic E-state index is -0.455. The lowest BCUT2D eigenvalue weighted by molar-refractivity contribution is 0.0883. The summed E-state index contributed by atoms with van der Waals surface area (Å²) in [6.07, 6.45) is 0.403. The Kier molecular flexibility index (Phi) is 4.51. The molecule has 0 radical (unpaired) electrons. The zero-order chi connectivity index (χ0) is 10.6. The highest BCUT2D eigenvalue weighted by Crippen LogP contribution is 2.26. The number of hydrogen-bond acceptors (Lipinski definition) is 4. The normalized spacial score (nSPS) is 15.4. The first kappa shape index (κ1) is 11.6. The molecule has 14 heavy (non-hydrogen) atoms. The van der Waals surface area contributed by atoms with Crippen LogP contribution in [-0.4, -0.2) is 23.8 Å². The van der Waals surface area contributed by atoms with Crippen LogP contribution in [0.2, 0.25) is 0 Å². The van der Waals surface area contributed by atoms with Crippen LogP contribution in [-0.2, 0) is 4.74 Å². The fourth-order valence-electron chi connectivity index (χ4n) is 1.21. The molecule has 1 N–H and O–H groups in total. The van der Waals surface area contributed by atoms with Gasteiger partial charge in [-0.25, -0.2) is 4.98 Å². The topological polar surface area (TPSA) is 42.4 Å². The van der Waals surface area contributed by atoms with Crippen LogP contribution >= 0.6 is 11.3 Å². The van der Waals surface area contributed by atoms with Crippen molar-refractivity contribution in [2.45, 2.75) is 26.4 Å². The number of aromatic nitrogens is 1. The zero-order valence-corrected chi connectivity index (χ0v) is 9.67. The number of aryl methyl sites for hydroxylation is 1. The second-order valence-electron chi connectivity index (χ2n) is 3.53. The molecule has 0 aromatic carbocycles. The van der Waals surface area contributed by atoms with E-state index in [4.69, 9.17) is 4.74 Å². The van der Waals surface area contributed by atoms with Crippen LogP contribution in [0.5, 0.6) is 0 Å². The predicted octanol–water partition coefficient (Wildman–Crippen LogP) is 2.16. The number of ether oxygens (including phenoxy) is 1. The van der Waals surface area contributed by atoms with E-state index in [0.717, 1.165) is 17.1 Å². The summed E-state index contributed by atoms with van der Waals surface area (Å²) in [5.41, 5.74) is 0.975. The Morgan fingerprint density at radius 3 is 2.86 bits per heavy atom. The van der Waals surface area contributed by atoms with Crippen molar-refractivity contribution in [3.8, 4) is 0 Å². The predicted molar refractivity (Wildman–Crippen MR) is 57.5 cm³/mol. The van der Waals surface area contributed by atoms with Crippen LogP contribution in [0.1, 0.15) is 30.2 Å². The summed E-state index contributed by atoms with van der Waals surface area (Å²) in [6.45, 7) is 4.63. The highest BCUT2D eigenvalue weighted by atomic mass is 32.1. The average Bonchev–Trinajstić information content (AvgIpc) is 2.60. The van der Waals surface area contributed by atoms with Crippen molar-refractivity contribution in [2.24, 2.45) is 5.92 Å². The van der Waals surface area contributed by atoms with Crippen molar-refractivity contribution in [2.75, 3.05) is 13.7 Å². The lowest BCUT2D eigenvalue weighted by Gasteiger charge is -2.15. The maximum absolute atomic E-state index is 9.92. The molecule has 1 rings (SSSR count). The van der Waals surface area contributed by atoms with Gasteiger partial charge in [-0.2, -0.15) is 0 Å². The largest absolute Gasteiger partial charge is 0.386 e. The first-order chi connectivity index (χ1) is 6.65. The SMILES string of the molecule is COCCC(C)C(O)c1nc(C)cs1. The van der Waals surface area contributed by atoms with Gasteiger partial charge in [-0.05, 0) is 19.3 Å².